The molecule has 1 aromatic carbocycles. The Morgan fingerprint density at radius 3 is 2.58 bits per heavy atom. The van der Waals surface area contributed by atoms with E-state index in [2.05, 4.69) is 5.32 Å². The number of carbonyl (C=O) groups excluding carboxylic acids is 2. The standard InChI is InChI=1S/C14H15NO4/c1-3-19-14(17)11-8-12(16)15-13(11)9-4-6-10(18-2)7-5-9/h4-7H,3,8H2,1-2H3,(H,15,16). The third-order valence-electron chi connectivity index (χ3n) is 2.80. The number of amides is 1. The molecule has 2 rings (SSSR count). The second kappa shape index (κ2) is 5.56. The van der Waals surface area contributed by atoms with E-state index in [0.29, 0.717) is 17.0 Å². The first-order chi connectivity index (χ1) is 9.15. The highest BCUT2D eigenvalue weighted by molar-refractivity contribution is 6.09. The van der Waals surface area contributed by atoms with Crippen molar-refractivity contribution >= 4 is 17.6 Å². The molecule has 0 bridgehead atoms. The van der Waals surface area contributed by atoms with E-state index < -0.39 is 5.97 Å². The maximum absolute atomic E-state index is 11.8. The van der Waals surface area contributed by atoms with Gasteiger partial charge >= 0.3 is 5.97 Å². The van der Waals surface area contributed by atoms with Crippen molar-refractivity contribution in [3.8, 4) is 5.75 Å². The molecule has 0 atom stereocenters. The Kier molecular flexibility index (Phi) is 3.85. The zero-order chi connectivity index (χ0) is 13.8. The quantitative estimate of drug-likeness (QED) is 0.834. The molecule has 0 saturated heterocycles. The highest BCUT2D eigenvalue weighted by Crippen LogP contribution is 2.26. The third-order valence-corrected chi connectivity index (χ3v) is 2.80. The maximum Gasteiger partial charge on any atom is 0.336 e. The molecular weight excluding hydrogens is 246 g/mol. The minimum Gasteiger partial charge on any atom is -0.497 e. The molecule has 0 aromatic heterocycles. The van der Waals surface area contributed by atoms with Crippen LogP contribution in [0.1, 0.15) is 18.9 Å². The first kappa shape index (κ1) is 13.1. The Balaban J connectivity index is 2.34. The lowest BCUT2D eigenvalue weighted by Crippen LogP contribution is -2.14. The van der Waals surface area contributed by atoms with Gasteiger partial charge in [-0.3, -0.25) is 4.79 Å². The first-order valence-electron chi connectivity index (χ1n) is 6.00. The lowest BCUT2D eigenvalue weighted by Gasteiger charge is -2.07. The molecule has 0 spiro atoms. The van der Waals surface area contributed by atoms with Crippen molar-refractivity contribution < 1.29 is 19.1 Å². The molecule has 0 unspecified atom stereocenters. The summed E-state index contributed by atoms with van der Waals surface area (Å²) in [6.07, 6.45) is 0.0557. The van der Waals surface area contributed by atoms with Crippen LogP contribution in [-0.2, 0) is 14.3 Å². The van der Waals surface area contributed by atoms with Gasteiger partial charge < -0.3 is 14.8 Å². The molecule has 1 aliphatic rings. The van der Waals surface area contributed by atoms with Gasteiger partial charge in [-0.2, -0.15) is 0 Å². The predicted octanol–water partition coefficient (Wildman–Crippen LogP) is 1.49. The minimum atomic E-state index is -0.452. The second-order valence-electron chi connectivity index (χ2n) is 4.03. The topological polar surface area (TPSA) is 64.6 Å². The molecule has 1 amide bonds. The molecule has 1 aliphatic heterocycles. The third kappa shape index (κ3) is 2.76. The van der Waals surface area contributed by atoms with Gasteiger partial charge in [0.25, 0.3) is 0 Å². The van der Waals surface area contributed by atoms with E-state index in [1.165, 1.54) is 0 Å². The van der Waals surface area contributed by atoms with Crippen LogP contribution in [0, 0.1) is 0 Å². The molecule has 1 aromatic rings. The summed E-state index contributed by atoms with van der Waals surface area (Å²) in [5, 5.41) is 2.70. The SMILES string of the molecule is CCOC(=O)C1=C(c2ccc(OC)cc2)NC(=O)C1. The fourth-order valence-electron chi connectivity index (χ4n) is 1.90. The average Bonchev–Trinajstić information content (AvgIpc) is 2.81. The van der Waals surface area contributed by atoms with Crippen molar-refractivity contribution in [2.45, 2.75) is 13.3 Å². The normalized spacial score (nSPS) is 14.3. The van der Waals surface area contributed by atoms with Crippen LogP contribution in [0.3, 0.4) is 0 Å². The number of benzene rings is 1. The van der Waals surface area contributed by atoms with Crippen LogP contribution < -0.4 is 10.1 Å². The van der Waals surface area contributed by atoms with Gasteiger partial charge in [-0.15, -0.1) is 0 Å². The maximum atomic E-state index is 11.8. The van der Waals surface area contributed by atoms with Crippen LogP contribution in [0.15, 0.2) is 29.8 Å². The number of rotatable bonds is 4. The van der Waals surface area contributed by atoms with Gasteiger partial charge in [0.05, 0.1) is 31.4 Å². The molecule has 1 heterocycles. The number of carbonyl (C=O) groups is 2. The van der Waals surface area contributed by atoms with E-state index in [1.54, 1.807) is 38.3 Å². The van der Waals surface area contributed by atoms with Crippen LogP contribution in [0.25, 0.3) is 5.70 Å². The number of esters is 1. The van der Waals surface area contributed by atoms with E-state index in [9.17, 15) is 9.59 Å². The van der Waals surface area contributed by atoms with Gasteiger partial charge in [-0.05, 0) is 36.8 Å². The Morgan fingerprint density at radius 1 is 1.32 bits per heavy atom. The molecule has 19 heavy (non-hydrogen) atoms. The van der Waals surface area contributed by atoms with Crippen LogP contribution in [0.5, 0.6) is 5.75 Å². The lowest BCUT2D eigenvalue weighted by molar-refractivity contribution is -0.139. The highest BCUT2D eigenvalue weighted by Gasteiger charge is 2.28. The van der Waals surface area contributed by atoms with Crippen molar-refractivity contribution in [1.29, 1.82) is 0 Å². The van der Waals surface area contributed by atoms with Crippen molar-refractivity contribution in [2.24, 2.45) is 0 Å². The molecule has 0 saturated carbocycles. The van der Waals surface area contributed by atoms with Gasteiger partial charge in [0.1, 0.15) is 5.75 Å². The van der Waals surface area contributed by atoms with Crippen molar-refractivity contribution in [2.75, 3.05) is 13.7 Å². The summed E-state index contributed by atoms with van der Waals surface area (Å²) in [6, 6.07) is 7.13. The van der Waals surface area contributed by atoms with E-state index in [0.717, 1.165) is 5.56 Å². The Bertz CT molecular complexity index is 531. The summed E-state index contributed by atoms with van der Waals surface area (Å²) in [6.45, 7) is 2.02. The van der Waals surface area contributed by atoms with E-state index in [-0.39, 0.29) is 18.9 Å². The lowest BCUT2D eigenvalue weighted by atomic mass is 10.1. The van der Waals surface area contributed by atoms with Gasteiger partial charge in [0, 0.05) is 0 Å². The number of ether oxygens (including phenoxy) is 2. The highest BCUT2D eigenvalue weighted by atomic mass is 16.5. The number of hydrogen-bond donors (Lipinski definition) is 1. The fraction of sp³-hybridized carbons (Fsp3) is 0.286. The molecule has 5 heteroatoms. The smallest absolute Gasteiger partial charge is 0.336 e. The molecule has 5 nitrogen and oxygen atoms in total. The first-order valence-corrected chi connectivity index (χ1v) is 6.00. The molecule has 0 aliphatic carbocycles. The summed E-state index contributed by atoms with van der Waals surface area (Å²) in [4.78, 5) is 23.3. The monoisotopic (exact) mass is 261 g/mol. The molecule has 1 N–H and O–H groups in total. The Hall–Kier alpha value is -2.30. The predicted molar refractivity (Wildman–Crippen MR) is 69.3 cm³/mol. The van der Waals surface area contributed by atoms with E-state index >= 15 is 0 Å². The molecule has 0 fully saturated rings. The van der Waals surface area contributed by atoms with Crippen LogP contribution in [0.4, 0.5) is 0 Å². The zero-order valence-electron chi connectivity index (χ0n) is 10.9. The average molecular weight is 261 g/mol. The van der Waals surface area contributed by atoms with E-state index in [1.807, 2.05) is 0 Å². The molecular formula is C14H15NO4. The largest absolute Gasteiger partial charge is 0.497 e. The van der Waals surface area contributed by atoms with Gasteiger partial charge in [0.15, 0.2) is 0 Å². The summed E-state index contributed by atoms with van der Waals surface area (Å²) in [7, 11) is 1.58. The Morgan fingerprint density at radius 2 is 2.00 bits per heavy atom. The summed E-state index contributed by atoms with van der Waals surface area (Å²) in [5.41, 5.74) is 1.65. The van der Waals surface area contributed by atoms with Crippen molar-refractivity contribution in [3.05, 3.63) is 35.4 Å². The molecule has 0 radical (unpaired) electrons. The summed E-state index contributed by atoms with van der Waals surface area (Å²) < 4.78 is 10.0. The van der Waals surface area contributed by atoms with Crippen molar-refractivity contribution in [1.82, 2.24) is 5.32 Å². The Labute approximate surface area is 111 Å². The summed E-state index contributed by atoms with van der Waals surface area (Å²) >= 11 is 0. The van der Waals surface area contributed by atoms with Gasteiger partial charge in [0.2, 0.25) is 5.91 Å². The van der Waals surface area contributed by atoms with Crippen LogP contribution in [0.2, 0.25) is 0 Å². The second-order valence-corrected chi connectivity index (χ2v) is 4.03. The summed E-state index contributed by atoms with van der Waals surface area (Å²) in [5.74, 6) is 0.0619. The van der Waals surface area contributed by atoms with Crippen molar-refractivity contribution in [3.63, 3.8) is 0 Å². The minimum absolute atomic E-state index is 0.0557. The zero-order valence-corrected chi connectivity index (χ0v) is 10.9. The van der Waals surface area contributed by atoms with Crippen LogP contribution >= 0.6 is 0 Å². The molecule has 100 valence electrons. The van der Waals surface area contributed by atoms with Gasteiger partial charge in [-0.25, -0.2) is 4.79 Å². The van der Waals surface area contributed by atoms with E-state index in [4.69, 9.17) is 9.47 Å². The number of methoxy groups -OCH3 is 1. The number of nitrogens with one attached hydrogen (secondary N) is 1. The van der Waals surface area contributed by atoms with Gasteiger partial charge in [-0.1, -0.05) is 0 Å². The van der Waals surface area contributed by atoms with Crippen LogP contribution in [-0.4, -0.2) is 25.6 Å². The fourth-order valence-corrected chi connectivity index (χ4v) is 1.90. The number of hydrogen-bond acceptors (Lipinski definition) is 4.